The lowest BCUT2D eigenvalue weighted by molar-refractivity contribution is 0.978. The SMILES string of the molecule is C1=C(c2ccc(-c3nc(-c4ccc(-c5cccc6ccccc56)cc4)nc(-c4ccnc5ccccc45)n3)cc2)c2ccccc2CC1. The van der Waals surface area contributed by atoms with Gasteiger partial charge in [-0.1, -0.05) is 140 Å². The summed E-state index contributed by atoms with van der Waals surface area (Å²) in [7, 11) is 0. The van der Waals surface area contributed by atoms with Gasteiger partial charge in [0.1, 0.15) is 0 Å². The van der Waals surface area contributed by atoms with Crippen LogP contribution in [0, 0.1) is 0 Å². The van der Waals surface area contributed by atoms with Crippen LogP contribution < -0.4 is 0 Å². The second kappa shape index (κ2) is 11.8. The summed E-state index contributed by atoms with van der Waals surface area (Å²) < 4.78 is 0. The van der Waals surface area contributed by atoms with Gasteiger partial charge in [0.2, 0.25) is 0 Å². The Hall–Kier alpha value is -6.26. The lowest BCUT2D eigenvalue weighted by Crippen LogP contribution is -2.02. The van der Waals surface area contributed by atoms with E-state index in [1.807, 2.05) is 30.5 Å². The van der Waals surface area contributed by atoms with Gasteiger partial charge in [-0.05, 0) is 69.1 Å². The number of para-hydroxylation sites is 1. The summed E-state index contributed by atoms with van der Waals surface area (Å²) in [6.07, 6.45) is 6.31. The maximum atomic E-state index is 5.06. The van der Waals surface area contributed by atoms with Gasteiger partial charge in [-0.3, -0.25) is 4.98 Å². The Morgan fingerprint density at radius 3 is 1.83 bits per heavy atom. The molecule has 4 heteroatoms. The lowest BCUT2D eigenvalue weighted by atomic mass is 9.87. The highest BCUT2D eigenvalue weighted by Crippen LogP contribution is 2.34. The molecule has 0 saturated carbocycles. The highest BCUT2D eigenvalue weighted by molar-refractivity contribution is 5.97. The van der Waals surface area contributed by atoms with Crippen molar-refractivity contribution in [3.63, 3.8) is 0 Å². The Morgan fingerprint density at radius 2 is 1.02 bits per heavy atom. The summed E-state index contributed by atoms with van der Waals surface area (Å²) in [5.41, 5.74) is 11.3. The normalized spacial score (nSPS) is 12.5. The molecule has 0 bridgehead atoms. The number of fused-ring (bicyclic) bond motifs is 3. The number of allylic oxidation sites excluding steroid dienone is 1. The second-order valence-corrected chi connectivity index (χ2v) is 12.2. The molecule has 8 aromatic rings. The average Bonchev–Trinajstić information content (AvgIpc) is 3.17. The van der Waals surface area contributed by atoms with Crippen molar-refractivity contribution < 1.29 is 0 Å². The number of aromatic nitrogens is 4. The molecule has 6 aromatic carbocycles. The third-order valence-electron chi connectivity index (χ3n) is 9.29. The molecule has 2 aromatic heterocycles. The van der Waals surface area contributed by atoms with Crippen LogP contribution in [0.5, 0.6) is 0 Å². The van der Waals surface area contributed by atoms with E-state index in [9.17, 15) is 0 Å². The fourth-order valence-corrected chi connectivity index (χ4v) is 6.88. The largest absolute Gasteiger partial charge is 0.256 e. The minimum Gasteiger partial charge on any atom is -0.256 e. The number of nitrogens with zero attached hydrogens (tertiary/aromatic N) is 4. The Bertz CT molecular complexity index is 2490. The van der Waals surface area contributed by atoms with Crippen molar-refractivity contribution in [2.75, 3.05) is 0 Å². The topological polar surface area (TPSA) is 51.6 Å². The molecule has 0 aliphatic heterocycles. The standard InChI is InChI=1S/C44H30N4/c1-3-13-35-29(9-1)11-7-16-37(35)31-19-23-33(24-20-31)42-46-43(48-44(47-42)40-27-28-45-41-18-6-5-15-39(40)41)34-25-21-32(22-26-34)38-17-8-12-30-10-2-4-14-36(30)38/h1-7,9-11,13-28H,8,12H2. The average molecular weight is 615 g/mol. The van der Waals surface area contributed by atoms with Gasteiger partial charge in [-0.15, -0.1) is 0 Å². The van der Waals surface area contributed by atoms with Crippen molar-refractivity contribution in [2.24, 2.45) is 0 Å². The number of rotatable bonds is 5. The third-order valence-corrected chi connectivity index (χ3v) is 9.29. The predicted molar refractivity (Wildman–Crippen MR) is 196 cm³/mol. The first-order chi connectivity index (χ1) is 23.8. The summed E-state index contributed by atoms with van der Waals surface area (Å²) in [4.78, 5) is 19.8. The first-order valence-corrected chi connectivity index (χ1v) is 16.4. The van der Waals surface area contributed by atoms with Gasteiger partial charge in [0, 0.05) is 28.3 Å². The Balaban J connectivity index is 1.15. The molecule has 0 spiro atoms. The van der Waals surface area contributed by atoms with E-state index in [2.05, 4.69) is 132 Å². The Kier molecular flexibility index (Phi) is 6.90. The molecule has 0 amide bonds. The van der Waals surface area contributed by atoms with Gasteiger partial charge in [0.25, 0.3) is 0 Å². The molecule has 0 fully saturated rings. The minimum atomic E-state index is 0.625. The summed E-state index contributed by atoms with van der Waals surface area (Å²) in [5, 5.41) is 3.47. The monoisotopic (exact) mass is 614 g/mol. The Labute approximate surface area is 279 Å². The van der Waals surface area contributed by atoms with Crippen LogP contribution in [0.25, 0.3) is 72.5 Å². The molecule has 2 heterocycles. The molecule has 0 atom stereocenters. The Morgan fingerprint density at radius 1 is 0.417 bits per heavy atom. The maximum absolute atomic E-state index is 5.06. The van der Waals surface area contributed by atoms with Crippen LogP contribution in [-0.4, -0.2) is 19.9 Å². The third kappa shape index (κ3) is 5.04. The van der Waals surface area contributed by atoms with E-state index in [0.717, 1.165) is 46.0 Å². The van der Waals surface area contributed by atoms with Crippen molar-refractivity contribution in [1.29, 1.82) is 0 Å². The second-order valence-electron chi connectivity index (χ2n) is 12.2. The highest BCUT2D eigenvalue weighted by Gasteiger charge is 2.17. The van der Waals surface area contributed by atoms with E-state index >= 15 is 0 Å². The molecule has 1 aliphatic carbocycles. The van der Waals surface area contributed by atoms with Crippen LogP contribution in [0.3, 0.4) is 0 Å². The summed E-state index contributed by atoms with van der Waals surface area (Å²) in [6, 6.07) is 51.0. The molecular weight excluding hydrogens is 585 g/mol. The van der Waals surface area contributed by atoms with Gasteiger partial charge in [0.15, 0.2) is 17.5 Å². The van der Waals surface area contributed by atoms with E-state index in [1.165, 1.54) is 38.6 Å². The van der Waals surface area contributed by atoms with Crippen molar-refractivity contribution in [2.45, 2.75) is 12.8 Å². The number of benzene rings is 6. The van der Waals surface area contributed by atoms with Crippen molar-refractivity contribution in [3.05, 3.63) is 175 Å². The van der Waals surface area contributed by atoms with Crippen molar-refractivity contribution in [3.8, 4) is 45.3 Å². The van der Waals surface area contributed by atoms with Gasteiger partial charge >= 0.3 is 0 Å². The molecule has 0 N–H and O–H groups in total. The van der Waals surface area contributed by atoms with Gasteiger partial charge in [-0.25, -0.2) is 15.0 Å². The van der Waals surface area contributed by atoms with Gasteiger partial charge in [0.05, 0.1) is 5.52 Å². The van der Waals surface area contributed by atoms with Crippen molar-refractivity contribution >= 4 is 27.2 Å². The number of hydrogen-bond donors (Lipinski definition) is 0. The minimum absolute atomic E-state index is 0.625. The molecule has 9 rings (SSSR count). The smallest absolute Gasteiger partial charge is 0.164 e. The van der Waals surface area contributed by atoms with Crippen LogP contribution >= 0.6 is 0 Å². The predicted octanol–water partition coefficient (Wildman–Crippen LogP) is 10.6. The number of hydrogen-bond acceptors (Lipinski definition) is 4. The molecule has 0 saturated heterocycles. The van der Waals surface area contributed by atoms with E-state index in [0.29, 0.717) is 17.5 Å². The van der Waals surface area contributed by atoms with E-state index < -0.39 is 0 Å². The summed E-state index contributed by atoms with van der Waals surface area (Å²) >= 11 is 0. The molecule has 48 heavy (non-hydrogen) atoms. The van der Waals surface area contributed by atoms with Crippen LogP contribution in [-0.2, 0) is 6.42 Å². The van der Waals surface area contributed by atoms with Gasteiger partial charge < -0.3 is 0 Å². The summed E-state index contributed by atoms with van der Waals surface area (Å²) in [5.74, 6) is 1.90. The molecule has 0 radical (unpaired) electrons. The molecule has 4 nitrogen and oxygen atoms in total. The van der Waals surface area contributed by atoms with E-state index in [1.54, 1.807) is 0 Å². The highest BCUT2D eigenvalue weighted by atomic mass is 15.0. The molecule has 0 unspecified atom stereocenters. The zero-order chi connectivity index (χ0) is 31.9. The van der Waals surface area contributed by atoms with Gasteiger partial charge in [-0.2, -0.15) is 0 Å². The molecule has 1 aliphatic rings. The van der Waals surface area contributed by atoms with Crippen LogP contribution in [0.2, 0.25) is 0 Å². The number of aryl methyl sites for hydroxylation is 1. The molecular formula is C44H30N4. The van der Waals surface area contributed by atoms with Crippen molar-refractivity contribution in [1.82, 2.24) is 19.9 Å². The fraction of sp³-hybridized carbons (Fsp3) is 0.0455. The quantitative estimate of drug-likeness (QED) is 0.194. The zero-order valence-corrected chi connectivity index (χ0v) is 26.2. The van der Waals surface area contributed by atoms with Crippen LogP contribution in [0.1, 0.15) is 23.1 Å². The van der Waals surface area contributed by atoms with E-state index in [4.69, 9.17) is 15.0 Å². The molecule has 226 valence electrons. The van der Waals surface area contributed by atoms with E-state index in [-0.39, 0.29) is 0 Å². The fourth-order valence-electron chi connectivity index (χ4n) is 6.88. The summed E-state index contributed by atoms with van der Waals surface area (Å²) in [6.45, 7) is 0. The first kappa shape index (κ1) is 28.0. The maximum Gasteiger partial charge on any atom is 0.164 e. The first-order valence-electron chi connectivity index (χ1n) is 16.4. The lowest BCUT2D eigenvalue weighted by Gasteiger charge is -2.18. The number of pyridine rings is 1. The van der Waals surface area contributed by atoms with Crippen LogP contribution in [0.15, 0.2) is 158 Å². The van der Waals surface area contributed by atoms with Crippen LogP contribution in [0.4, 0.5) is 0 Å². The zero-order valence-electron chi connectivity index (χ0n) is 26.2.